The number of nitrogens with one attached hydrogen (secondary N) is 1. The van der Waals surface area contributed by atoms with Gasteiger partial charge in [-0.15, -0.1) is 10.2 Å². The van der Waals surface area contributed by atoms with E-state index in [-0.39, 0.29) is 29.2 Å². The van der Waals surface area contributed by atoms with Gasteiger partial charge in [0.15, 0.2) is 11.6 Å². The van der Waals surface area contributed by atoms with E-state index in [1.54, 1.807) is 30.3 Å². The van der Waals surface area contributed by atoms with Gasteiger partial charge in [0.05, 0.1) is 17.8 Å². The highest BCUT2D eigenvalue weighted by atomic mass is 19.1. The summed E-state index contributed by atoms with van der Waals surface area (Å²) >= 11 is 0. The van der Waals surface area contributed by atoms with Crippen molar-refractivity contribution in [2.24, 2.45) is 7.05 Å². The smallest absolute Gasteiger partial charge is 0.258 e. The van der Waals surface area contributed by atoms with E-state index in [0.717, 1.165) is 12.8 Å². The van der Waals surface area contributed by atoms with Crippen LogP contribution in [0.25, 0.3) is 22.2 Å². The summed E-state index contributed by atoms with van der Waals surface area (Å²) in [6, 6.07) is 4.82. The number of pyridine rings is 1. The molecule has 3 aromatic rings. The molecule has 0 aliphatic carbocycles. The van der Waals surface area contributed by atoms with Crippen LogP contribution in [0.15, 0.2) is 35.4 Å². The minimum atomic E-state index is -0.976. The van der Waals surface area contributed by atoms with Crippen LogP contribution in [0.5, 0.6) is 5.75 Å². The largest absolute Gasteiger partial charge is 0.507 e. The lowest BCUT2D eigenvalue weighted by Gasteiger charge is -2.38. The molecule has 0 saturated carbocycles. The standard InChI is InChI=1S/C21H23FN6O2/c1-27-6-5-11-7-17(29)14(9-13(11)21(27)30)20-23-10-18(25-26-20)28(2)16-8-12-3-4-15(24-12)19(16)22/h5-7,9-10,12,15-16,19,24,29H,3-4,8H2,1-2H3/t12?,15-,16+,19-/m1/s1. The van der Waals surface area contributed by atoms with Gasteiger partial charge >= 0.3 is 0 Å². The first-order valence-electron chi connectivity index (χ1n) is 10.1. The van der Waals surface area contributed by atoms with E-state index in [4.69, 9.17) is 0 Å². The van der Waals surface area contributed by atoms with Gasteiger partial charge in [-0.25, -0.2) is 9.37 Å². The molecule has 5 rings (SSSR count). The molecule has 2 aromatic heterocycles. The van der Waals surface area contributed by atoms with Gasteiger partial charge in [-0.05, 0) is 42.8 Å². The van der Waals surface area contributed by atoms with Crippen LogP contribution in [0, 0.1) is 0 Å². The molecule has 1 aromatic carbocycles. The molecule has 2 bridgehead atoms. The van der Waals surface area contributed by atoms with Gasteiger partial charge in [0.25, 0.3) is 5.56 Å². The number of piperidine rings is 1. The van der Waals surface area contributed by atoms with Crippen LogP contribution >= 0.6 is 0 Å². The number of rotatable bonds is 3. The van der Waals surface area contributed by atoms with Crippen molar-refractivity contribution in [3.05, 3.63) is 40.9 Å². The highest BCUT2D eigenvalue weighted by Gasteiger charge is 2.43. The first kappa shape index (κ1) is 18.9. The number of aryl methyl sites for hydroxylation is 1. The monoisotopic (exact) mass is 410 g/mol. The maximum absolute atomic E-state index is 14.9. The highest BCUT2D eigenvalue weighted by Crippen LogP contribution is 2.34. The van der Waals surface area contributed by atoms with Crippen LogP contribution in [-0.2, 0) is 7.05 Å². The van der Waals surface area contributed by atoms with Crippen LogP contribution in [0.1, 0.15) is 19.3 Å². The number of halogens is 1. The Balaban J connectivity index is 1.46. The fraction of sp³-hybridized carbons (Fsp3) is 0.429. The van der Waals surface area contributed by atoms with Gasteiger partial charge in [0, 0.05) is 37.8 Å². The summed E-state index contributed by atoms with van der Waals surface area (Å²) in [5.74, 6) is 0.654. The lowest BCUT2D eigenvalue weighted by Crippen LogP contribution is -2.55. The number of aromatic hydroxyl groups is 1. The molecule has 4 heterocycles. The van der Waals surface area contributed by atoms with Crippen LogP contribution < -0.4 is 15.8 Å². The van der Waals surface area contributed by atoms with Crippen molar-refractivity contribution in [2.75, 3.05) is 11.9 Å². The van der Waals surface area contributed by atoms with E-state index >= 15 is 0 Å². The highest BCUT2D eigenvalue weighted by molar-refractivity contribution is 5.88. The normalized spacial score (nSPS) is 25.6. The van der Waals surface area contributed by atoms with E-state index in [1.807, 2.05) is 7.05 Å². The molecule has 9 heteroatoms. The topological polar surface area (TPSA) is 96.2 Å². The summed E-state index contributed by atoms with van der Waals surface area (Å²) in [6.45, 7) is 0. The number of fused-ring (bicyclic) bond motifs is 3. The van der Waals surface area contributed by atoms with Crippen LogP contribution in [-0.4, -0.2) is 56.2 Å². The lowest BCUT2D eigenvalue weighted by atomic mass is 9.96. The molecule has 4 atom stereocenters. The Labute approximate surface area is 172 Å². The van der Waals surface area contributed by atoms with Crippen LogP contribution in [0.2, 0.25) is 0 Å². The van der Waals surface area contributed by atoms with Crippen LogP contribution in [0.4, 0.5) is 10.2 Å². The number of anilines is 1. The van der Waals surface area contributed by atoms with Gasteiger partial charge in [-0.3, -0.25) is 4.79 Å². The van der Waals surface area contributed by atoms with Crippen molar-refractivity contribution in [2.45, 2.75) is 43.6 Å². The molecule has 2 aliphatic heterocycles. The Morgan fingerprint density at radius 1 is 1.30 bits per heavy atom. The summed E-state index contributed by atoms with van der Waals surface area (Å²) in [6.07, 6.45) is 4.78. The van der Waals surface area contributed by atoms with E-state index in [1.165, 1.54) is 16.8 Å². The number of aromatic nitrogens is 4. The summed E-state index contributed by atoms with van der Waals surface area (Å²) in [5, 5.41) is 23.2. The molecule has 2 saturated heterocycles. The zero-order chi connectivity index (χ0) is 21.0. The average molecular weight is 410 g/mol. The van der Waals surface area contributed by atoms with Crippen molar-refractivity contribution in [3.63, 3.8) is 0 Å². The Morgan fingerprint density at radius 2 is 2.13 bits per heavy atom. The second-order valence-corrected chi connectivity index (χ2v) is 8.23. The summed E-state index contributed by atoms with van der Waals surface area (Å²) < 4.78 is 16.3. The fourth-order valence-electron chi connectivity index (χ4n) is 4.63. The van der Waals surface area contributed by atoms with E-state index in [9.17, 15) is 14.3 Å². The minimum absolute atomic E-state index is 0.0302. The predicted molar refractivity (Wildman–Crippen MR) is 111 cm³/mol. The summed E-state index contributed by atoms with van der Waals surface area (Å²) in [7, 11) is 3.48. The predicted octanol–water partition coefficient (Wildman–Crippen LogP) is 1.76. The molecule has 1 unspecified atom stereocenters. The Hall–Kier alpha value is -3.07. The van der Waals surface area contributed by atoms with E-state index < -0.39 is 6.17 Å². The van der Waals surface area contributed by atoms with Gasteiger partial charge in [0.1, 0.15) is 11.9 Å². The third-order valence-electron chi connectivity index (χ3n) is 6.40. The SMILES string of the molecule is CN(c1cnc(-c2cc3c(=O)n(C)ccc3cc2O)nn1)[C@H]1CC2CC[C@@H](N2)[C@H]1F. The number of alkyl halides is 1. The molecule has 8 nitrogen and oxygen atoms in total. The van der Waals surface area contributed by atoms with Crippen LogP contribution in [0.3, 0.4) is 0 Å². The van der Waals surface area contributed by atoms with Crippen molar-refractivity contribution in [1.82, 2.24) is 25.1 Å². The van der Waals surface area contributed by atoms with Gasteiger partial charge in [0.2, 0.25) is 0 Å². The molecule has 156 valence electrons. The maximum Gasteiger partial charge on any atom is 0.258 e. The second kappa shape index (κ2) is 7.02. The Bertz CT molecular complexity index is 1160. The average Bonchev–Trinajstić information content (AvgIpc) is 3.16. The molecule has 30 heavy (non-hydrogen) atoms. The lowest BCUT2D eigenvalue weighted by molar-refractivity contribution is 0.176. The molecule has 0 amide bonds. The molecular weight excluding hydrogens is 387 g/mol. The Morgan fingerprint density at radius 3 is 2.90 bits per heavy atom. The summed E-state index contributed by atoms with van der Waals surface area (Å²) in [5.41, 5.74) is 0.156. The number of phenols is 1. The zero-order valence-electron chi connectivity index (χ0n) is 16.8. The summed E-state index contributed by atoms with van der Waals surface area (Å²) in [4.78, 5) is 18.6. The molecule has 2 fully saturated rings. The van der Waals surface area contributed by atoms with E-state index in [0.29, 0.717) is 34.6 Å². The number of hydrogen-bond donors (Lipinski definition) is 2. The number of benzene rings is 1. The quantitative estimate of drug-likeness (QED) is 0.679. The molecular formula is C21H23FN6O2. The van der Waals surface area contributed by atoms with Gasteiger partial charge in [-0.2, -0.15) is 0 Å². The number of phenolic OH excluding ortho intramolecular Hbond substituents is 1. The van der Waals surface area contributed by atoms with Crippen molar-refractivity contribution < 1.29 is 9.50 Å². The number of hydrogen-bond acceptors (Lipinski definition) is 7. The van der Waals surface area contributed by atoms with Crippen molar-refractivity contribution in [3.8, 4) is 17.1 Å². The third-order valence-corrected chi connectivity index (χ3v) is 6.40. The molecule has 0 radical (unpaired) electrons. The zero-order valence-corrected chi connectivity index (χ0v) is 16.8. The van der Waals surface area contributed by atoms with Crippen molar-refractivity contribution in [1.29, 1.82) is 0 Å². The fourth-order valence-corrected chi connectivity index (χ4v) is 4.63. The van der Waals surface area contributed by atoms with Gasteiger partial charge in [-0.1, -0.05) is 0 Å². The van der Waals surface area contributed by atoms with E-state index in [2.05, 4.69) is 20.5 Å². The number of nitrogens with zero attached hydrogens (tertiary/aromatic N) is 5. The second-order valence-electron chi connectivity index (χ2n) is 8.23. The Kier molecular flexibility index (Phi) is 4.43. The first-order chi connectivity index (χ1) is 14.4. The van der Waals surface area contributed by atoms with Crippen molar-refractivity contribution >= 4 is 16.6 Å². The third kappa shape index (κ3) is 3.00. The minimum Gasteiger partial charge on any atom is -0.507 e. The first-order valence-corrected chi connectivity index (χ1v) is 10.1. The molecule has 0 spiro atoms. The molecule has 2 aliphatic rings. The van der Waals surface area contributed by atoms with Gasteiger partial charge < -0.3 is 19.9 Å². The maximum atomic E-state index is 14.9. The molecule has 2 N–H and O–H groups in total.